The van der Waals surface area contributed by atoms with Gasteiger partial charge in [-0.25, -0.2) is 0 Å². The van der Waals surface area contributed by atoms with Crippen molar-refractivity contribution in [3.63, 3.8) is 0 Å². The van der Waals surface area contributed by atoms with Crippen molar-refractivity contribution in [3.05, 3.63) is 80.6 Å². The highest BCUT2D eigenvalue weighted by molar-refractivity contribution is 7.15. The summed E-state index contributed by atoms with van der Waals surface area (Å²) in [7, 11) is 0. The first kappa shape index (κ1) is 21.3. The number of hydrogen-bond acceptors (Lipinski definition) is 7. The Balaban J connectivity index is 1.71. The zero-order chi connectivity index (χ0) is 22.9. The van der Waals surface area contributed by atoms with Gasteiger partial charge in [-0.05, 0) is 42.7 Å². The van der Waals surface area contributed by atoms with Gasteiger partial charge in [0.05, 0.1) is 23.6 Å². The number of carbonyl (C=O) groups is 1. The van der Waals surface area contributed by atoms with E-state index >= 15 is 0 Å². The molecule has 33 heavy (non-hydrogen) atoms. The van der Waals surface area contributed by atoms with Crippen molar-refractivity contribution in [2.45, 2.75) is 39.2 Å². The predicted octanol–water partition coefficient (Wildman–Crippen LogP) is 5.14. The second-order valence-electron chi connectivity index (χ2n) is 7.90. The van der Waals surface area contributed by atoms with Crippen LogP contribution in [-0.4, -0.2) is 22.7 Å². The molecule has 8 heteroatoms. The minimum Gasteiger partial charge on any atom is -0.494 e. The third kappa shape index (κ3) is 3.70. The third-order valence-corrected chi connectivity index (χ3v) is 6.53. The van der Waals surface area contributed by atoms with Crippen molar-refractivity contribution >= 4 is 33.3 Å². The maximum Gasteiger partial charge on any atom is 0.297 e. The van der Waals surface area contributed by atoms with E-state index in [0.29, 0.717) is 34.0 Å². The molecule has 1 aliphatic heterocycles. The molecule has 0 fully saturated rings. The fourth-order valence-corrected chi connectivity index (χ4v) is 5.05. The summed E-state index contributed by atoms with van der Waals surface area (Å²) in [6, 6.07) is 13.8. The van der Waals surface area contributed by atoms with Gasteiger partial charge in [0.15, 0.2) is 5.43 Å². The molecule has 0 spiro atoms. The van der Waals surface area contributed by atoms with E-state index in [2.05, 4.69) is 17.1 Å². The molecular formula is C25H23N3O4S. The molecule has 2 aromatic heterocycles. The molecule has 0 saturated carbocycles. The minimum absolute atomic E-state index is 0.0517. The van der Waals surface area contributed by atoms with E-state index in [1.165, 1.54) is 16.2 Å². The van der Waals surface area contributed by atoms with E-state index in [4.69, 9.17) is 9.15 Å². The third-order valence-electron chi connectivity index (χ3n) is 5.55. The number of rotatable bonds is 7. The van der Waals surface area contributed by atoms with Gasteiger partial charge in [-0.15, -0.1) is 10.2 Å². The summed E-state index contributed by atoms with van der Waals surface area (Å²) < 4.78 is 11.8. The van der Waals surface area contributed by atoms with Gasteiger partial charge in [-0.2, -0.15) is 0 Å². The standard InChI is InChI=1S/C25H23N3O4S/c1-3-8-19-26-27-25(33-19)28-21(15-9-7-10-16(14-15)31-13-4-2)20-22(29)17-11-5-6-12-18(17)32-23(20)24(28)30/h5-7,9-12,14,21H,3-4,8,13H2,1-2H3. The summed E-state index contributed by atoms with van der Waals surface area (Å²) in [4.78, 5) is 28.7. The molecule has 0 radical (unpaired) electrons. The molecular weight excluding hydrogens is 438 g/mol. The highest BCUT2D eigenvalue weighted by Crippen LogP contribution is 2.42. The van der Waals surface area contributed by atoms with Gasteiger partial charge in [0.1, 0.15) is 16.3 Å². The second-order valence-corrected chi connectivity index (χ2v) is 8.94. The van der Waals surface area contributed by atoms with Gasteiger partial charge in [0.25, 0.3) is 5.91 Å². The van der Waals surface area contributed by atoms with Crippen LogP contribution in [-0.2, 0) is 6.42 Å². The first-order chi connectivity index (χ1) is 16.1. The lowest BCUT2D eigenvalue weighted by Gasteiger charge is -2.22. The number of anilines is 1. The first-order valence-corrected chi connectivity index (χ1v) is 11.9. The fourth-order valence-electron chi connectivity index (χ4n) is 4.08. The van der Waals surface area contributed by atoms with Crippen LogP contribution in [0, 0.1) is 0 Å². The smallest absolute Gasteiger partial charge is 0.297 e. The van der Waals surface area contributed by atoms with E-state index in [0.717, 1.165) is 29.8 Å². The SMILES string of the molecule is CCCOc1cccc(C2c3c(oc4ccccc4c3=O)C(=O)N2c2nnc(CCC)s2)c1. The van der Waals surface area contributed by atoms with Crippen molar-refractivity contribution < 1.29 is 13.9 Å². The van der Waals surface area contributed by atoms with Crippen LogP contribution < -0.4 is 15.1 Å². The average Bonchev–Trinajstić information content (AvgIpc) is 3.41. The molecule has 1 unspecified atom stereocenters. The molecule has 1 aliphatic rings. The van der Waals surface area contributed by atoms with Gasteiger partial charge < -0.3 is 9.15 Å². The van der Waals surface area contributed by atoms with Crippen molar-refractivity contribution in [2.24, 2.45) is 0 Å². The second kappa shape index (κ2) is 8.78. The van der Waals surface area contributed by atoms with Crippen molar-refractivity contribution in [2.75, 3.05) is 11.5 Å². The number of fused-ring (bicyclic) bond motifs is 2. The minimum atomic E-state index is -0.680. The van der Waals surface area contributed by atoms with Crippen LogP contribution in [0.2, 0.25) is 0 Å². The zero-order valence-electron chi connectivity index (χ0n) is 18.4. The summed E-state index contributed by atoms with van der Waals surface area (Å²) in [6.45, 7) is 4.69. The van der Waals surface area contributed by atoms with Crippen LogP contribution >= 0.6 is 11.3 Å². The van der Waals surface area contributed by atoms with Crippen molar-refractivity contribution in [1.29, 1.82) is 0 Å². The highest BCUT2D eigenvalue weighted by Gasteiger charge is 2.45. The molecule has 0 saturated heterocycles. The summed E-state index contributed by atoms with van der Waals surface area (Å²) in [5, 5.41) is 10.3. The van der Waals surface area contributed by atoms with Crippen LogP contribution in [0.5, 0.6) is 5.75 Å². The summed E-state index contributed by atoms with van der Waals surface area (Å²) in [6.07, 6.45) is 2.58. The number of hydrogen-bond donors (Lipinski definition) is 0. The molecule has 168 valence electrons. The lowest BCUT2D eigenvalue weighted by molar-refractivity contribution is 0.0970. The number of benzene rings is 2. The van der Waals surface area contributed by atoms with Gasteiger partial charge in [-0.1, -0.05) is 49.4 Å². The molecule has 0 aliphatic carbocycles. The molecule has 4 aromatic rings. The number of amides is 1. The van der Waals surface area contributed by atoms with Crippen LogP contribution in [0.1, 0.15) is 59.4 Å². The Morgan fingerprint density at radius 3 is 2.73 bits per heavy atom. The quantitative estimate of drug-likeness (QED) is 0.379. The Hall–Kier alpha value is -3.52. The van der Waals surface area contributed by atoms with Crippen molar-refractivity contribution in [1.82, 2.24) is 10.2 Å². The lowest BCUT2D eigenvalue weighted by atomic mass is 9.98. The average molecular weight is 462 g/mol. The van der Waals surface area contributed by atoms with Gasteiger partial charge in [0.2, 0.25) is 10.9 Å². The normalized spacial score (nSPS) is 15.3. The lowest BCUT2D eigenvalue weighted by Crippen LogP contribution is -2.29. The van der Waals surface area contributed by atoms with Gasteiger partial charge in [-0.3, -0.25) is 14.5 Å². The van der Waals surface area contributed by atoms with Gasteiger partial charge >= 0.3 is 0 Å². The monoisotopic (exact) mass is 461 g/mol. The van der Waals surface area contributed by atoms with Crippen LogP contribution in [0.25, 0.3) is 11.0 Å². The van der Waals surface area contributed by atoms with E-state index in [1.807, 2.05) is 31.2 Å². The molecule has 7 nitrogen and oxygen atoms in total. The topological polar surface area (TPSA) is 85.5 Å². The van der Waals surface area contributed by atoms with E-state index < -0.39 is 11.9 Å². The first-order valence-electron chi connectivity index (χ1n) is 11.1. The molecule has 1 amide bonds. The zero-order valence-corrected chi connectivity index (χ0v) is 19.2. The van der Waals surface area contributed by atoms with Crippen LogP contribution in [0.3, 0.4) is 0 Å². The number of aromatic nitrogens is 2. The molecule has 0 bridgehead atoms. The molecule has 5 rings (SSSR count). The van der Waals surface area contributed by atoms with E-state index in [9.17, 15) is 9.59 Å². The molecule has 0 N–H and O–H groups in total. The Bertz CT molecular complexity index is 1390. The maximum atomic E-state index is 13.6. The Kier molecular flexibility index (Phi) is 5.68. The van der Waals surface area contributed by atoms with Crippen molar-refractivity contribution in [3.8, 4) is 5.75 Å². The number of para-hydroxylation sites is 1. The van der Waals surface area contributed by atoms with E-state index in [1.54, 1.807) is 24.3 Å². The Labute approximate surface area is 194 Å². The number of aryl methyl sites for hydroxylation is 1. The van der Waals surface area contributed by atoms with E-state index in [-0.39, 0.29) is 11.2 Å². The van der Waals surface area contributed by atoms with Crippen LogP contribution in [0.15, 0.2) is 57.7 Å². The Morgan fingerprint density at radius 2 is 1.91 bits per heavy atom. The molecule has 2 aromatic carbocycles. The molecule has 3 heterocycles. The highest BCUT2D eigenvalue weighted by atomic mass is 32.1. The van der Waals surface area contributed by atoms with Crippen LogP contribution in [0.4, 0.5) is 5.13 Å². The fraction of sp³-hybridized carbons (Fsp3) is 0.280. The number of carbonyl (C=O) groups excluding carboxylic acids is 1. The summed E-state index contributed by atoms with van der Waals surface area (Å²) in [5.74, 6) is 0.345. The summed E-state index contributed by atoms with van der Waals surface area (Å²) in [5.41, 5.74) is 1.24. The summed E-state index contributed by atoms with van der Waals surface area (Å²) >= 11 is 1.36. The predicted molar refractivity (Wildman–Crippen MR) is 127 cm³/mol. The van der Waals surface area contributed by atoms with Gasteiger partial charge in [0, 0.05) is 6.42 Å². The number of ether oxygens (including phenoxy) is 1. The number of nitrogens with zero attached hydrogens (tertiary/aromatic N) is 3. The Morgan fingerprint density at radius 1 is 1.06 bits per heavy atom. The largest absolute Gasteiger partial charge is 0.494 e. The molecule has 1 atom stereocenters. The maximum absolute atomic E-state index is 13.6.